The number of piperidine rings is 1. The lowest BCUT2D eigenvalue weighted by molar-refractivity contribution is -0.132. The van der Waals surface area contributed by atoms with Gasteiger partial charge in [0.05, 0.1) is 12.2 Å². The smallest absolute Gasteiger partial charge is 0.223 e. The molecule has 1 amide bonds. The molecule has 27 heavy (non-hydrogen) atoms. The summed E-state index contributed by atoms with van der Waals surface area (Å²) in [6.45, 7) is 3.62. The molecule has 1 aromatic heterocycles. The molecule has 1 fully saturated rings. The Morgan fingerprint density at radius 1 is 1.22 bits per heavy atom. The Morgan fingerprint density at radius 2 is 2.04 bits per heavy atom. The molecule has 4 rings (SSSR count). The van der Waals surface area contributed by atoms with Crippen molar-refractivity contribution in [3.8, 4) is 0 Å². The van der Waals surface area contributed by atoms with E-state index >= 15 is 0 Å². The fourth-order valence-electron chi connectivity index (χ4n) is 4.52. The first-order valence-electron chi connectivity index (χ1n) is 10.3. The highest BCUT2D eigenvalue weighted by atomic mass is 16.2. The number of likely N-dealkylation sites (tertiary alicyclic amines) is 1. The van der Waals surface area contributed by atoms with Crippen molar-refractivity contribution in [1.29, 1.82) is 0 Å². The SMILES string of the molecule is CNc1nc(C2CCN(C)CC2)nc2c1CN(C(=O)CC1C=CCC1)CC2. The van der Waals surface area contributed by atoms with Crippen LogP contribution in [0, 0.1) is 5.92 Å². The Balaban J connectivity index is 1.49. The number of allylic oxidation sites excluding steroid dienone is 2. The van der Waals surface area contributed by atoms with E-state index in [-0.39, 0.29) is 5.91 Å². The van der Waals surface area contributed by atoms with E-state index in [0.29, 0.717) is 24.8 Å². The third kappa shape index (κ3) is 4.00. The monoisotopic (exact) mass is 369 g/mol. The van der Waals surface area contributed by atoms with Gasteiger partial charge in [-0.25, -0.2) is 9.97 Å². The molecule has 6 nitrogen and oxygen atoms in total. The number of hydrogen-bond donors (Lipinski definition) is 1. The van der Waals surface area contributed by atoms with Crippen molar-refractivity contribution in [2.24, 2.45) is 5.92 Å². The van der Waals surface area contributed by atoms with Crippen LogP contribution < -0.4 is 5.32 Å². The van der Waals surface area contributed by atoms with Gasteiger partial charge in [-0.2, -0.15) is 0 Å². The molecule has 3 heterocycles. The number of nitrogens with zero attached hydrogens (tertiary/aromatic N) is 4. The topological polar surface area (TPSA) is 61.4 Å². The maximum atomic E-state index is 12.7. The average molecular weight is 370 g/mol. The zero-order chi connectivity index (χ0) is 18.8. The summed E-state index contributed by atoms with van der Waals surface area (Å²) >= 11 is 0. The molecule has 0 radical (unpaired) electrons. The number of nitrogens with one attached hydrogen (secondary N) is 1. The molecule has 1 aromatic rings. The van der Waals surface area contributed by atoms with Gasteiger partial charge in [0.2, 0.25) is 5.91 Å². The average Bonchev–Trinajstić information content (AvgIpc) is 3.20. The van der Waals surface area contributed by atoms with Crippen LogP contribution in [0.25, 0.3) is 0 Å². The number of fused-ring (bicyclic) bond motifs is 1. The van der Waals surface area contributed by atoms with Gasteiger partial charge < -0.3 is 15.1 Å². The van der Waals surface area contributed by atoms with Crippen LogP contribution in [0.15, 0.2) is 12.2 Å². The Morgan fingerprint density at radius 3 is 2.74 bits per heavy atom. The summed E-state index contributed by atoms with van der Waals surface area (Å²) in [5.74, 6) is 3.03. The number of carbonyl (C=O) groups excluding carboxylic acids is 1. The third-order valence-corrected chi connectivity index (χ3v) is 6.30. The van der Waals surface area contributed by atoms with Gasteiger partial charge in [-0.15, -0.1) is 0 Å². The lowest BCUT2D eigenvalue weighted by atomic mass is 9.95. The quantitative estimate of drug-likeness (QED) is 0.827. The van der Waals surface area contributed by atoms with E-state index in [1.807, 2.05) is 11.9 Å². The molecule has 1 aliphatic carbocycles. The molecule has 0 aromatic carbocycles. The second-order valence-electron chi connectivity index (χ2n) is 8.22. The summed E-state index contributed by atoms with van der Waals surface area (Å²) in [6, 6.07) is 0. The molecule has 3 aliphatic rings. The van der Waals surface area contributed by atoms with Crippen molar-refractivity contribution in [3.63, 3.8) is 0 Å². The van der Waals surface area contributed by atoms with Crippen LogP contribution in [-0.4, -0.2) is 59.4 Å². The molecule has 1 saturated heterocycles. The molecule has 0 spiro atoms. The minimum absolute atomic E-state index is 0.263. The van der Waals surface area contributed by atoms with Crippen LogP contribution in [0.1, 0.15) is 55.1 Å². The predicted octanol–water partition coefficient (Wildman–Crippen LogP) is 2.57. The van der Waals surface area contributed by atoms with E-state index in [4.69, 9.17) is 9.97 Å². The lowest BCUT2D eigenvalue weighted by Gasteiger charge is -2.32. The Kier molecular flexibility index (Phi) is 5.43. The Labute approximate surface area is 162 Å². The van der Waals surface area contributed by atoms with Crippen molar-refractivity contribution in [1.82, 2.24) is 19.8 Å². The first-order valence-corrected chi connectivity index (χ1v) is 10.3. The number of rotatable bonds is 4. The van der Waals surface area contributed by atoms with Gasteiger partial charge >= 0.3 is 0 Å². The molecule has 146 valence electrons. The minimum atomic E-state index is 0.263. The number of anilines is 1. The number of amides is 1. The van der Waals surface area contributed by atoms with Crippen molar-refractivity contribution in [2.75, 3.05) is 39.0 Å². The van der Waals surface area contributed by atoms with E-state index in [0.717, 1.165) is 74.6 Å². The van der Waals surface area contributed by atoms with E-state index in [9.17, 15) is 4.79 Å². The zero-order valence-corrected chi connectivity index (χ0v) is 16.6. The molecular weight excluding hydrogens is 338 g/mol. The van der Waals surface area contributed by atoms with Gasteiger partial charge in [0.1, 0.15) is 11.6 Å². The maximum absolute atomic E-state index is 12.7. The first kappa shape index (κ1) is 18.4. The van der Waals surface area contributed by atoms with Gasteiger partial charge in [0.25, 0.3) is 0 Å². The van der Waals surface area contributed by atoms with Crippen molar-refractivity contribution in [2.45, 2.75) is 51.0 Å². The van der Waals surface area contributed by atoms with Crippen LogP contribution in [0.5, 0.6) is 0 Å². The summed E-state index contributed by atoms with van der Waals surface area (Å²) in [5.41, 5.74) is 2.24. The molecule has 1 atom stereocenters. The van der Waals surface area contributed by atoms with Gasteiger partial charge in [-0.1, -0.05) is 12.2 Å². The largest absolute Gasteiger partial charge is 0.373 e. The van der Waals surface area contributed by atoms with Gasteiger partial charge in [-0.05, 0) is 51.7 Å². The molecule has 0 bridgehead atoms. The van der Waals surface area contributed by atoms with E-state index < -0.39 is 0 Å². The third-order valence-electron chi connectivity index (χ3n) is 6.30. The van der Waals surface area contributed by atoms with Crippen LogP contribution in [0.4, 0.5) is 5.82 Å². The van der Waals surface area contributed by atoms with Crippen molar-refractivity contribution >= 4 is 11.7 Å². The summed E-state index contributed by atoms with van der Waals surface area (Å²) < 4.78 is 0. The van der Waals surface area contributed by atoms with E-state index in [1.165, 1.54) is 0 Å². The molecule has 2 aliphatic heterocycles. The van der Waals surface area contributed by atoms with Crippen molar-refractivity contribution < 1.29 is 4.79 Å². The van der Waals surface area contributed by atoms with Crippen LogP contribution >= 0.6 is 0 Å². The highest BCUT2D eigenvalue weighted by Crippen LogP contribution is 2.31. The highest BCUT2D eigenvalue weighted by molar-refractivity contribution is 5.77. The second kappa shape index (κ2) is 7.97. The van der Waals surface area contributed by atoms with Gasteiger partial charge in [0, 0.05) is 37.9 Å². The molecule has 1 N–H and O–H groups in total. The standard InChI is InChI=1S/C21H31N5O/c1-22-21-17-14-26(19(27)13-15-5-3-4-6-15)12-9-18(17)23-20(24-21)16-7-10-25(2)11-8-16/h3,5,15-16H,4,6-14H2,1-2H3,(H,22,23,24). The highest BCUT2D eigenvalue weighted by Gasteiger charge is 2.29. The lowest BCUT2D eigenvalue weighted by Crippen LogP contribution is -2.38. The van der Waals surface area contributed by atoms with E-state index in [1.54, 1.807) is 0 Å². The minimum Gasteiger partial charge on any atom is -0.373 e. The van der Waals surface area contributed by atoms with Gasteiger partial charge in [0.15, 0.2) is 0 Å². The second-order valence-corrected chi connectivity index (χ2v) is 8.22. The fraction of sp³-hybridized carbons (Fsp3) is 0.667. The molecule has 6 heteroatoms. The van der Waals surface area contributed by atoms with Crippen molar-refractivity contribution in [3.05, 3.63) is 29.2 Å². The zero-order valence-electron chi connectivity index (χ0n) is 16.6. The maximum Gasteiger partial charge on any atom is 0.223 e. The summed E-state index contributed by atoms with van der Waals surface area (Å²) in [5, 5.41) is 3.27. The Hall–Kier alpha value is -1.95. The molecule has 0 saturated carbocycles. The summed E-state index contributed by atoms with van der Waals surface area (Å²) in [4.78, 5) is 26.9. The van der Waals surface area contributed by atoms with Gasteiger partial charge in [-0.3, -0.25) is 4.79 Å². The summed E-state index contributed by atoms with van der Waals surface area (Å²) in [7, 11) is 4.10. The number of carbonyl (C=O) groups is 1. The Bertz CT molecular complexity index is 706. The van der Waals surface area contributed by atoms with Crippen LogP contribution in [-0.2, 0) is 17.8 Å². The van der Waals surface area contributed by atoms with E-state index in [2.05, 4.69) is 29.4 Å². The normalized spacial score (nSPS) is 23.5. The number of hydrogen-bond acceptors (Lipinski definition) is 5. The number of aromatic nitrogens is 2. The first-order chi connectivity index (χ1) is 13.1. The molecular formula is C21H31N5O. The summed E-state index contributed by atoms with van der Waals surface area (Å²) in [6.07, 6.45) is 10.3. The predicted molar refractivity (Wildman–Crippen MR) is 107 cm³/mol. The fourth-order valence-corrected chi connectivity index (χ4v) is 4.52. The van der Waals surface area contributed by atoms with Crippen LogP contribution in [0.2, 0.25) is 0 Å². The van der Waals surface area contributed by atoms with Crippen LogP contribution in [0.3, 0.4) is 0 Å². The molecule has 1 unspecified atom stereocenters.